The summed E-state index contributed by atoms with van der Waals surface area (Å²) in [5, 5.41) is 3.46. The van der Waals surface area contributed by atoms with Gasteiger partial charge < -0.3 is 10.1 Å². The van der Waals surface area contributed by atoms with Crippen LogP contribution >= 0.6 is 15.9 Å². The summed E-state index contributed by atoms with van der Waals surface area (Å²) in [6.45, 7) is 4.43. The first-order chi connectivity index (χ1) is 7.59. The molecule has 2 rings (SSSR count). The van der Waals surface area contributed by atoms with Gasteiger partial charge in [0.15, 0.2) is 0 Å². The lowest BCUT2D eigenvalue weighted by atomic mass is 10.0. The van der Waals surface area contributed by atoms with Crippen LogP contribution in [0.15, 0.2) is 22.7 Å². The Morgan fingerprint density at radius 1 is 1.56 bits per heavy atom. The summed E-state index contributed by atoms with van der Waals surface area (Å²) in [4.78, 5) is 0. The molecular formula is C12H15BrFNO. The number of benzene rings is 1. The van der Waals surface area contributed by atoms with E-state index >= 15 is 0 Å². The molecule has 1 fully saturated rings. The Morgan fingerprint density at radius 2 is 2.38 bits per heavy atom. The Bertz CT molecular complexity index is 377. The maximum Gasteiger partial charge on any atom is 0.124 e. The lowest BCUT2D eigenvalue weighted by Gasteiger charge is -2.23. The number of hydrogen-bond acceptors (Lipinski definition) is 2. The molecule has 2 nitrogen and oxygen atoms in total. The minimum Gasteiger partial charge on any atom is -0.379 e. The molecule has 0 aromatic heterocycles. The maximum atomic E-state index is 12.9. The molecule has 16 heavy (non-hydrogen) atoms. The first-order valence-electron chi connectivity index (χ1n) is 5.36. The first-order valence-corrected chi connectivity index (χ1v) is 6.15. The number of ether oxygens (including phenoxy) is 1. The van der Waals surface area contributed by atoms with Crippen molar-refractivity contribution in [3.05, 3.63) is 34.1 Å². The monoisotopic (exact) mass is 287 g/mol. The van der Waals surface area contributed by atoms with Crippen LogP contribution in [-0.4, -0.2) is 18.8 Å². The van der Waals surface area contributed by atoms with Gasteiger partial charge in [0.1, 0.15) is 5.82 Å². The first kappa shape index (κ1) is 12.0. The van der Waals surface area contributed by atoms with E-state index in [-0.39, 0.29) is 11.4 Å². The summed E-state index contributed by atoms with van der Waals surface area (Å²) >= 11 is 3.36. The molecule has 0 saturated carbocycles. The largest absolute Gasteiger partial charge is 0.379 e. The molecule has 1 saturated heterocycles. The van der Waals surface area contributed by atoms with Crippen molar-refractivity contribution in [1.29, 1.82) is 0 Å². The van der Waals surface area contributed by atoms with E-state index in [1.54, 1.807) is 6.07 Å². The van der Waals surface area contributed by atoms with Crippen LogP contribution in [0.2, 0.25) is 0 Å². The van der Waals surface area contributed by atoms with Gasteiger partial charge in [-0.05, 0) is 31.0 Å². The van der Waals surface area contributed by atoms with E-state index in [0.717, 1.165) is 36.2 Å². The summed E-state index contributed by atoms with van der Waals surface area (Å²) in [6.07, 6.45) is 1.02. The third-order valence-electron chi connectivity index (χ3n) is 2.94. The molecule has 0 radical (unpaired) electrons. The lowest BCUT2D eigenvalue weighted by Crippen LogP contribution is -2.42. The van der Waals surface area contributed by atoms with Gasteiger partial charge in [-0.1, -0.05) is 22.0 Å². The third kappa shape index (κ3) is 2.81. The second-order valence-electron chi connectivity index (χ2n) is 4.45. The Morgan fingerprint density at radius 3 is 3.00 bits per heavy atom. The molecular weight excluding hydrogens is 273 g/mol. The van der Waals surface area contributed by atoms with E-state index in [0.29, 0.717) is 0 Å². The fraction of sp³-hybridized carbons (Fsp3) is 0.500. The highest BCUT2D eigenvalue weighted by Gasteiger charge is 2.28. The lowest BCUT2D eigenvalue weighted by molar-refractivity contribution is 0.171. The van der Waals surface area contributed by atoms with Crippen LogP contribution in [0.5, 0.6) is 0 Å². The zero-order chi connectivity index (χ0) is 11.6. The second-order valence-corrected chi connectivity index (χ2v) is 5.31. The third-order valence-corrected chi connectivity index (χ3v) is 3.68. The Hall–Kier alpha value is -0.450. The van der Waals surface area contributed by atoms with Crippen LogP contribution in [-0.2, 0) is 11.3 Å². The van der Waals surface area contributed by atoms with E-state index in [9.17, 15) is 4.39 Å². The highest BCUT2D eigenvalue weighted by molar-refractivity contribution is 9.10. The molecule has 0 spiro atoms. The Kier molecular flexibility index (Phi) is 3.62. The predicted octanol–water partition coefficient (Wildman–Crippen LogP) is 2.86. The van der Waals surface area contributed by atoms with E-state index in [4.69, 9.17) is 4.74 Å². The Labute approximate surface area is 103 Å². The van der Waals surface area contributed by atoms with Crippen molar-refractivity contribution in [3.8, 4) is 0 Å². The Balaban J connectivity index is 1.99. The predicted molar refractivity (Wildman–Crippen MR) is 64.8 cm³/mol. The highest BCUT2D eigenvalue weighted by atomic mass is 79.9. The molecule has 4 heteroatoms. The number of rotatable bonds is 3. The van der Waals surface area contributed by atoms with Crippen molar-refractivity contribution < 1.29 is 9.13 Å². The van der Waals surface area contributed by atoms with Crippen LogP contribution in [0.25, 0.3) is 0 Å². The second kappa shape index (κ2) is 4.82. The van der Waals surface area contributed by atoms with Crippen molar-refractivity contribution in [2.75, 3.05) is 13.2 Å². The summed E-state index contributed by atoms with van der Waals surface area (Å²) in [6, 6.07) is 4.77. The van der Waals surface area contributed by atoms with E-state index in [1.807, 2.05) is 0 Å². The van der Waals surface area contributed by atoms with Gasteiger partial charge >= 0.3 is 0 Å². The molecule has 1 aromatic rings. The minimum atomic E-state index is -0.217. The van der Waals surface area contributed by atoms with Crippen molar-refractivity contribution in [3.63, 3.8) is 0 Å². The quantitative estimate of drug-likeness (QED) is 0.923. The van der Waals surface area contributed by atoms with E-state index < -0.39 is 0 Å². The minimum absolute atomic E-state index is 0.0494. The van der Waals surface area contributed by atoms with Crippen LogP contribution in [0.1, 0.15) is 18.9 Å². The molecule has 1 N–H and O–H groups in total. The van der Waals surface area contributed by atoms with Crippen molar-refractivity contribution >= 4 is 15.9 Å². The number of nitrogens with one attached hydrogen (secondary N) is 1. The van der Waals surface area contributed by atoms with Crippen LogP contribution in [0.3, 0.4) is 0 Å². The zero-order valence-electron chi connectivity index (χ0n) is 9.22. The molecule has 0 amide bonds. The number of hydrogen-bond donors (Lipinski definition) is 1. The van der Waals surface area contributed by atoms with Crippen LogP contribution < -0.4 is 5.32 Å². The van der Waals surface area contributed by atoms with Gasteiger partial charge in [-0.2, -0.15) is 0 Å². The van der Waals surface area contributed by atoms with Crippen molar-refractivity contribution in [2.24, 2.45) is 0 Å². The van der Waals surface area contributed by atoms with Crippen LogP contribution in [0.4, 0.5) is 4.39 Å². The molecule has 1 aliphatic heterocycles. The molecule has 1 aromatic carbocycles. The van der Waals surface area contributed by atoms with E-state index in [1.165, 1.54) is 12.1 Å². The van der Waals surface area contributed by atoms with Crippen molar-refractivity contribution in [1.82, 2.24) is 5.32 Å². The highest BCUT2D eigenvalue weighted by Crippen LogP contribution is 2.21. The van der Waals surface area contributed by atoms with Gasteiger partial charge in [-0.3, -0.25) is 0 Å². The molecule has 1 atom stereocenters. The molecule has 0 aliphatic carbocycles. The van der Waals surface area contributed by atoms with Gasteiger partial charge in [0.05, 0.1) is 6.61 Å². The van der Waals surface area contributed by atoms with Crippen LogP contribution in [0, 0.1) is 5.82 Å². The average Bonchev–Trinajstić information content (AvgIpc) is 2.64. The standard InChI is InChI=1S/C12H15BrFNO/c1-12(4-5-16-8-12)15-7-9-2-3-10(14)6-11(9)13/h2-3,6,15H,4-5,7-8H2,1H3. The average molecular weight is 288 g/mol. The summed E-state index contributed by atoms with van der Waals surface area (Å²) in [7, 11) is 0. The zero-order valence-corrected chi connectivity index (χ0v) is 10.8. The summed E-state index contributed by atoms with van der Waals surface area (Å²) < 4.78 is 19.1. The summed E-state index contributed by atoms with van der Waals surface area (Å²) in [5.74, 6) is -0.217. The molecule has 88 valence electrons. The fourth-order valence-corrected chi connectivity index (χ4v) is 2.27. The van der Waals surface area contributed by atoms with Gasteiger partial charge in [0.2, 0.25) is 0 Å². The topological polar surface area (TPSA) is 21.3 Å². The SMILES string of the molecule is CC1(NCc2ccc(F)cc2Br)CCOC1. The van der Waals surface area contributed by atoms with Gasteiger partial charge in [0.25, 0.3) is 0 Å². The molecule has 1 aliphatic rings. The fourth-order valence-electron chi connectivity index (χ4n) is 1.78. The van der Waals surface area contributed by atoms with Gasteiger partial charge in [-0.15, -0.1) is 0 Å². The van der Waals surface area contributed by atoms with Gasteiger partial charge in [-0.25, -0.2) is 4.39 Å². The normalized spacial score (nSPS) is 24.9. The molecule has 1 heterocycles. The number of halogens is 2. The van der Waals surface area contributed by atoms with Gasteiger partial charge in [0, 0.05) is 23.2 Å². The maximum absolute atomic E-state index is 12.9. The molecule has 0 bridgehead atoms. The summed E-state index contributed by atoms with van der Waals surface area (Å²) in [5.41, 5.74) is 1.11. The van der Waals surface area contributed by atoms with Crippen molar-refractivity contribution in [2.45, 2.75) is 25.4 Å². The smallest absolute Gasteiger partial charge is 0.124 e. The molecule has 1 unspecified atom stereocenters. The van der Waals surface area contributed by atoms with E-state index in [2.05, 4.69) is 28.2 Å².